The van der Waals surface area contributed by atoms with Gasteiger partial charge in [0.25, 0.3) is 5.92 Å². The Labute approximate surface area is 124 Å². The molecule has 1 heterocycles. The lowest BCUT2D eigenvalue weighted by Gasteiger charge is -2.32. The Morgan fingerprint density at radius 1 is 1.20 bits per heavy atom. The van der Waals surface area contributed by atoms with Gasteiger partial charge in [-0.05, 0) is 37.8 Å². The maximum atomic E-state index is 14.4. The van der Waals surface area contributed by atoms with E-state index in [0.29, 0.717) is 0 Å². The van der Waals surface area contributed by atoms with Gasteiger partial charge in [-0.15, -0.1) is 0 Å². The van der Waals surface area contributed by atoms with E-state index in [1.807, 2.05) is 0 Å². The SMILES string of the molecule is O=C(O)[C@H]1CC[C@H](C(F)(F)c2cc(Cl)nc(Cl)c2)CC1. The third-order valence-electron chi connectivity index (χ3n) is 3.74. The molecule has 20 heavy (non-hydrogen) atoms. The van der Waals surface area contributed by atoms with Crippen molar-refractivity contribution in [3.05, 3.63) is 28.0 Å². The van der Waals surface area contributed by atoms with Crippen LogP contribution in [0.25, 0.3) is 0 Å². The van der Waals surface area contributed by atoms with E-state index in [9.17, 15) is 13.6 Å². The summed E-state index contributed by atoms with van der Waals surface area (Å²) in [5, 5.41) is 8.73. The Kier molecular flexibility index (Phi) is 4.49. The van der Waals surface area contributed by atoms with Crippen LogP contribution in [0.1, 0.15) is 31.2 Å². The Morgan fingerprint density at radius 3 is 2.15 bits per heavy atom. The summed E-state index contributed by atoms with van der Waals surface area (Å²) in [6, 6.07) is 2.22. The van der Waals surface area contributed by atoms with Crippen LogP contribution in [0, 0.1) is 11.8 Å². The molecule has 0 aliphatic heterocycles. The highest BCUT2D eigenvalue weighted by atomic mass is 35.5. The van der Waals surface area contributed by atoms with Crippen molar-refractivity contribution >= 4 is 29.2 Å². The van der Waals surface area contributed by atoms with E-state index in [1.54, 1.807) is 0 Å². The fourth-order valence-corrected chi connectivity index (χ4v) is 3.06. The second kappa shape index (κ2) is 5.82. The third-order valence-corrected chi connectivity index (χ3v) is 4.12. The quantitative estimate of drug-likeness (QED) is 0.840. The molecule has 0 bridgehead atoms. The van der Waals surface area contributed by atoms with Gasteiger partial charge in [0.2, 0.25) is 0 Å². The summed E-state index contributed by atoms with van der Waals surface area (Å²) in [7, 11) is 0. The van der Waals surface area contributed by atoms with Gasteiger partial charge in [0.15, 0.2) is 0 Å². The molecule has 1 fully saturated rings. The van der Waals surface area contributed by atoms with Crippen LogP contribution in [0.5, 0.6) is 0 Å². The molecule has 0 aromatic carbocycles. The molecule has 1 aromatic rings. The van der Waals surface area contributed by atoms with Gasteiger partial charge in [-0.1, -0.05) is 23.2 Å². The molecule has 0 radical (unpaired) electrons. The molecule has 1 aliphatic carbocycles. The molecular weight excluding hydrogens is 311 g/mol. The topological polar surface area (TPSA) is 50.2 Å². The summed E-state index contributed by atoms with van der Waals surface area (Å²) in [5.41, 5.74) is -0.263. The largest absolute Gasteiger partial charge is 0.481 e. The molecule has 7 heteroatoms. The number of halogens is 4. The Balaban J connectivity index is 2.16. The van der Waals surface area contributed by atoms with Crippen LogP contribution in [0.4, 0.5) is 8.78 Å². The molecule has 1 N–H and O–H groups in total. The highest BCUT2D eigenvalue weighted by molar-refractivity contribution is 6.32. The Bertz CT molecular complexity index is 497. The fourth-order valence-electron chi connectivity index (χ4n) is 2.60. The Morgan fingerprint density at radius 2 is 1.70 bits per heavy atom. The van der Waals surface area contributed by atoms with Gasteiger partial charge in [-0.25, -0.2) is 13.8 Å². The summed E-state index contributed by atoms with van der Waals surface area (Å²) < 4.78 is 28.9. The van der Waals surface area contributed by atoms with Gasteiger partial charge in [0.1, 0.15) is 10.3 Å². The standard InChI is InChI=1S/C13H13Cl2F2NO2/c14-10-5-9(6-11(15)18-10)13(16,17)8-3-1-7(2-4-8)12(19)20/h5-8H,1-4H2,(H,19,20)/t7-,8-. The van der Waals surface area contributed by atoms with Crippen LogP contribution in [-0.2, 0) is 10.7 Å². The van der Waals surface area contributed by atoms with Crippen molar-refractivity contribution in [1.29, 1.82) is 0 Å². The van der Waals surface area contributed by atoms with Gasteiger partial charge in [0.05, 0.1) is 5.92 Å². The van der Waals surface area contributed by atoms with E-state index in [2.05, 4.69) is 4.98 Å². The highest BCUT2D eigenvalue weighted by Gasteiger charge is 2.44. The van der Waals surface area contributed by atoms with Crippen molar-refractivity contribution in [2.24, 2.45) is 11.8 Å². The number of nitrogens with zero attached hydrogens (tertiary/aromatic N) is 1. The van der Waals surface area contributed by atoms with Gasteiger partial charge < -0.3 is 5.11 Å². The summed E-state index contributed by atoms with van der Waals surface area (Å²) in [5.74, 6) is -5.42. The minimum Gasteiger partial charge on any atom is -0.481 e. The summed E-state index contributed by atoms with van der Waals surface area (Å²) >= 11 is 11.3. The highest BCUT2D eigenvalue weighted by Crippen LogP contribution is 2.45. The Hall–Kier alpha value is -0.940. The van der Waals surface area contributed by atoms with Crippen molar-refractivity contribution in [3.63, 3.8) is 0 Å². The van der Waals surface area contributed by atoms with Crippen LogP contribution in [0.3, 0.4) is 0 Å². The first-order valence-electron chi connectivity index (χ1n) is 6.25. The predicted molar refractivity (Wildman–Crippen MR) is 71.2 cm³/mol. The van der Waals surface area contributed by atoms with Gasteiger partial charge in [-0.3, -0.25) is 4.79 Å². The zero-order chi connectivity index (χ0) is 14.9. The number of rotatable bonds is 3. The van der Waals surface area contributed by atoms with E-state index in [-0.39, 0.29) is 41.6 Å². The second-order valence-electron chi connectivity index (χ2n) is 5.01. The lowest BCUT2D eigenvalue weighted by Crippen LogP contribution is -2.31. The number of hydrogen-bond donors (Lipinski definition) is 1. The monoisotopic (exact) mass is 323 g/mol. The molecule has 1 aliphatic rings. The molecule has 1 aromatic heterocycles. The number of carboxylic acids is 1. The molecule has 1 saturated carbocycles. The molecular formula is C13H13Cl2F2NO2. The smallest absolute Gasteiger partial charge is 0.306 e. The first-order valence-corrected chi connectivity index (χ1v) is 7.00. The fraction of sp³-hybridized carbons (Fsp3) is 0.538. The van der Waals surface area contributed by atoms with E-state index in [1.165, 1.54) is 0 Å². The minimum atomic E-state index is -3.08. The van der Waals surface area contributed by atoms with Crippen molar-refractivity contribution in [2.45, 2.75) is 31.6 Å². The average molecular weight is 324 g/mol. The van der Waals surface area contributed by atoms with Crippen LogP contribution in [0.15, 0.2) is 12.1 Å². The number of hydrogen-bond acceptors (Lipinski definition) is 2. The van der Waals surface area contributed by atoms with E-state index in [4.69, 9.17) is 28.3 Å². The number of carboxylic acid groups (broad SMARTS) is 1. The maximum Gasteiger partial charge on any atom is 0.306 e. The second-order valence-corrected chi connectivity index (χ2v) is 5.79. The zero-order valence-corrected chi connectivity index (χ0v) is 12.0. The number of carbonyl (C=O) groups is 1. The summed E-state index contributed by atoms with van der Waals surface area (Å²) in [4.78, 5) is 14.5. The van der Waals surface area contributed by atoms with Crippen molar-refractivity contribution in [1.82, 2.24) is 4.98 Å². The van der Waals surface area contributed by atoms with Crippen LogP contribution in [0.2, 0.25) is 10.3 Å². The third kappa shape index (κ3) is 3.20. The lowest BCUT2D eigenvalue weighted by molar-refractivity contribution is -0.145. The number of aliphatic carboxylic acids is 1. The van der Waals surface area contributed by atoms with E-state index in [0.717, 1.165) is 12.1 Å². The first kappa shape index (κ1) is 15.4. The molecule has 0 spiro atoms. The summed E-state index contributed by atoms with van der Waals surface area (Å²) in [6.45, 7) is 0. The van der Waals surface area contributed by atoms with E-state index >= 15 is 0 Å². The summed E-state index contributed by atoms with van der Waals surface area (Å²) in [6.07, 6.45) is 0.868. The van der Waals surface area contributed by atoms with Crippen molar-refractivity contribution < 1.29 is 18.7 Å². The maximum absolute atomic E-state index is 14.4. The minimum absolute atomic E-state index is 0.0774. The predicted octanol–water partition coefficient (Wildman–Crippen LogP) is 4.37. The molecule has 0 saturated heterocycles. The molecule has 0 atom stereocenters. The first-order chi connectivity index (χ1) is 9.30. The van der Waals surface area contributed by atoms with Gasteiger partial charge in [0, 0.05) is 11.5 Å². The lowest BCUT2D eigenvalue weighted by atomic mass is 9.77. The number of pyridine rings is 1. The molecule has 3 nitrogen and oxygen atoms in total. The molecule has 0 unspecified atom stereocenters. The zero-order valence-electron chi connectivity index (χ0n) is 10.5. The van der Waals surface area contributed by atoms with Crippen molar-refractivity contribution in [2.75, 3.05) is 0 Å². The molecule has 110 valence electrons. The van der Waals surface area contributed by atoms with Crippen LogP contribution in [-0.4, -0.2) is 16.1 Å². The normalized spacial score (nSPS) is 23.6. The van der Waals surface area contributed by atoms with Gasteiger partial charge >= 0.3 is 5.97 Å². The molecule has 0 amide bonds. The molecule has 2 rings (SSSR count). The number of alkyl halides is 2. The van der Waals surface area contributed by atoms with E-state index < -0.39 is 23.7 Å². The van der Waals surface area contributed by atoms with Crippen LogP contribution >= 0.6 is 23.2 Å². The van der Waals surface area contributed by atoms with Gasteiger partial charge in [-0.2, -0.15) is 0 Å². The number of aromatic nitrogens is 1. The van der Waals surface area contributed by atoms with Crippen molar-refractivity contribution in [3.8, 4) is 0 Å². The average Bonchev–Trinajstić information content (AvgIpc) is 2.37. The van der Waals surface area contributed by atoms with Crippen LogP contribution < -0.4 is 0 Å².